The summed E-state index contributed by atoms with van der Waals surface area (Å²) in [5, 5.41) is 0. The molecule has 0 aromatic carbocycles. The Hall–Kier alpha value is -0.930. The van der Waals surface area contributed by atoms with Gasteiger partial charge in [-0.15, -0.1) is 0 Å². The van der Waals surface area contributed by atoms with Crippen LogP contribution in [0.4, 0.5) is 0 Å². The molecule has 2 N–H and O–H groups in total. The molecule has 1 aliphatic rings. The fourth-order valence-electron chi connectivity index (χ4n) is 2.37. The quantitative estimate of drug-likeness (QED) is 0.791. The Morgan fingerprint density at radius 1 is 1.44 bits per heavy atom. The van der Waals surface area contributed by atoms with Crippen LogP contribution in [0.3, 0.4) is 0 Å². The Morgan fingerprint density at radius 2 is 2.25 bits per heavy atom. The van der Waals surface area contributed by atoms with Crippen molar-refractivity contribution in [2.24, 2.45) is 11.1 Å². The molecule has 88 valence electrons. The fraction of sp³-hybridized carbons (Fsp3) is 0.615. The van der Waals surface area contributed by atoms with Gasteiger partial charge in [0.05, 0.1) is 5.69 Å². The summed E-state index contributed by atoms with van der Waals surface area (Å²) < 4.78 is 0. The van der Waals surface area contributed by atoms with Crippen LogP contribution >= 0.6 is 0 Å². The largest absolute Gasteiger partial charge is 0.330 e. The second-order valence-corrected chi connectivity index (χ2v) is 5.03. The van der Waals surface area contributed by atoms with E-state index >= 15 is 0 Å². The first-order valence-corrected chi connectivity index (χ1v) is 6.03. The van der Waals surface area contributed by atoms with Crippen LogP contribution in [-0.4, -0.2) is 30.0 Å². The summed E-state index contributed by atoms with van der Waals surface area (Å²) in [5.74, 6) is 0. The lowest BCUT2D eigenvalue weighted by molar-refractivity contribution is 0.246. The average Bonchev–Trinajstić information content (AvgIpc) is 2.99. The first kappa shape index (κ1) is 11.6. The monoisotopic (exact) mass is 219 g/mol. The molecule has 16 heavy (non-hydrogen) atoms. The molecule has 0 amide bonds. The number of nitrogens with zero attached hydrogens (tertiary/aromatic N) is 2. The van der Waals surface area contributed by atoms with E-state index in [1.807, 2.05) is 18.3 Å². The van der Waals surface area contributed by atoms with Crippen LogP contribution in [0.2, 0.25) is 0 Å². The second-order valence-electron chi connectivity index (χ2n) is 5.03. The molecule has 0 radical (unpaired) electrons. The molecule has 3 nitrogen and oxygen atoms in total. The minimum atomic E-state index is 0.526. The maximum Gasteiger partial charge on any atom is 0.0543 e. The Morgan fingerprint density at radius 3 is 2.81 bits per heavy atom. The highest BCUT2D eigenvalue weighted by molar-refractivity contribution is 5.04. The molecule has 1 fully saturated rings. The molecule has 3 heteroatoms. The predicted octanol–water partition coefficient (Wildman–Crippen LogP) is 1.64. The van der Waals surface area contributed by atoms with Gasteiger partial charge in [0.15, 0.2) is 0 Å². The Bertz CT molecular complexity index is 319. The normalized spacial score (nSPS) is 17.7. The summed E-state index contributed by atoms with van der Waals surface area (Å²) >= 11 is 0. The Balaban J connectivity index is 1.83. The molecule has 0 aliphatic heterocycles. The molecule has 0 saturated heterocycles. The first-order chi connectivity index (χ1) is 7.74. The van der Waals surface area contributed by atoms with Gasteiger partial charge in [-0.05, 0) is 50.4 Å². The van der Waals surface area contributed by atoms with Gasteiger partial charge >= 0.3 is 0 Å². The third-order valence-corrected chi connectivity index (χ3v) is 3.40. The number of nitrogens with two attached hydrogens (primary N) is 1. The topological polar surface area (TPSA) is 42.2 Å². The van der Waals surface area contributed by atoms with E-state index < -0.39 is 0 Å². The van der Waals surface area contributed by atoms with Crippen LogP contribution < -0.4 is 5.73 Å². The van der Waals surface area contributed by atoms with E-state index in [9.17, 15) is 0 Å². The van der Waals surface area contributed by atoms with E-state index in [-0.39, 0.29) is 0 Å². The van der Waals surface area contributed by atoms with E-state index in [0.717, 1.165) is 25.3 Å². The minimum absolute atomic E-state index is 0.526. The summed E-state index contributed by atoms with van der Waals surface area (Å²) in [7, 11) is 2.17. The molecule has 0 bridgehead atoms. The highest BCUT2D eigenvalue weighted by atomic mass is 15.1. The van der Waals surface area contributed by atoms with Crippen LogP contribution in [0.25, 0.3) is 0 Å². The van der Waals surface area contributed by atoms with Gasteiger partial charge in [-0.3, -0.25) is 9.88 Å². The third kappa shape index (κ3) is 3.03. The number of hydrogen-bond donors (Lipinski definition) is 1. The summed E-state index contributed by atoms with van der Waals surface area (Å²) in [6, 6.07) is 6.09. The number of pyridine rings is 1. The van der Waals surface area contributed by atoms with Crippen LogP contribution in [0.1, 0.15) is 25.0 Å². The van der Waals surface area contributed by atoms with Crippen molar-refractivity contribution in [3.8, 4) is 0 Å². The second kappa shape index (κ2) is 4.93. The molecule has 0 spiro atoms. The van der Waals surface area contributed by atoms with E-state index in [1.54, 1.807) is 0 Å². The third-order valence-electron chi connectivity index (χ3n) is 3.40. The molecule has 2 rings (SSSR count). The van der Waals surface area contributed by atoms with Crippen molar-refractivity contribution >= 4 is 0 Å². The van der Waals surface area contributed by atoms with E-state index in [1.165, 1.54) is 19.3 Å². The van der Waals surface area contributed by atoms with Gasteiger partial charge in [0.1, 0.15) is 0 Å². The first-order valence-electron chi connectivity index (χ1n) is 6.03. The summed E-state index contributed by atoms with van der Waals surface area (Å²) in [5.41, 5.74) is 7.32. The summed E-state index contributed by atoms with van der Waals surface area (Å²) in [4.78, 5) is 6.71. The lowest BCUT2D eigenvalue weighted by atomic mass is 10.0. The van der Waals surface area contributed by atoms with Crippen molar-refractivity contribution in [2.45, 2.75) is 25.8 Å². The van der Waals surface area contributed by atoms with Crippen molar-refractivity contribution in [1.29, 1.82) is 0 Å². The highest BCUT2D eigenvalue weighted by Crippen LogP contribution is 2.48. The van der Waals surface area contributed by atoms with Crippen LogP contribution in [0.15, 0.2) is 24.4 Å². The van der Waals surface area contributed by atoms with Crippen molar-refractivity contribution in [1.82, 2.24) is 9.88 Å². The lowest BCUT2D eigenvalue weighted by Gasteiger charge is -2.22. The zero-order chi connectivity index (χ0) is 11.4. The van der Waals surface area contributed by atoms with Gasteiger partial charge in [0.25, 0.3) is 0 Å². The lowest BCUT2D eigenvalue weighted by Crippen LogP contribution is -2.28. The molecule has 0 unspecified atom stereocenters. The van der Waals surface area contributed by atoms with Gasteiger partial charge in [0.2, 0.25) is 0 Å². The molecule has 0 atom stereocenters. The van der Waals surface area contributed by atoms with Gasteiger partial charge in [0, 0.05) is 19.3 Å². The molecule has 1 aliphatic carbocycles. The molecule has 1 aromatic rings. The van der Waals surface area contributed by atoms with Crippen LogP contribution in [0, 0.1) is 5.41 Å². The molecule has 1 heterocycles. The van der Waals surface area contributed by atoms with Crippen molar-refractivity contribution in [2.75, 3.05) is 20.1 Å². The molecular formula is C13H21N3. The molecule has 1 saturated carbocycles. The minimum Gasteiger partial charge on any atom is -0.330 e. The average molecular weight is 219 g/mol. The summed E-state index contributed by atoms with van der Waals surface area (Å²) in [6.45, 7) is 2.91. The zero-order valence-corrected chi connectivity index (χ0v) is 10.0. The number of aromatic nitrogens is 1. The van der Waals surface area contributed by atoms with E-state index in [2.05, 4.69) is 23.0 Å². The van der Waals surface area contributed by atoms with Gasteiger partial charge in [-0.2, -0.15) is 0 Å². The maximum absolute atomic E-state index is 5.65. The zero-order valence-electron chi connectivity index (χ0n) is 10.0. The Kier molecular flexibility index (Phi) is 3.56. The number of rotatable bonds is 6. The Labute approximate surface area is 97.7 Å². The van der Waals surface area contributed by atoms with Gasteiger partial charge in [-0.25, -0.2) is 0 Å². The van der Waals surface area contributed by atoms with Crippen LogP contribution in [0.5, 0.6) is 0 Å². The standard InChI is InChI=1S/C13H21N3/c1-16(10-12-4-2-3-9-15-12)11-13(5-6-13)7-8-14/h2-4,9H,5-8,10-11,14H2,1H3. The predicted molar refractivity (Wildman–Crippen MR) is 65.9 cm³/mol. The van der Waals surface area contributed by atoms with Crippen LogP contribution in [-0.2, 0) is 6.54 Å². The maximum atomic E-state index is 5.65. The SMILES string of the molecule is CN(Cc1ccccn1)CC1(CCN)CC1. The van der Waals surface area contributed by atoms with Gasteiger partial charge < -0.3 is 5.73 Å². The van der Waals surface area contributed by atoms with E-state index in [4.69, 9.17) is 5.73 Å². The molecule has 1 aromatic heterocycles. The highest BCUT2D eigenvalue weighted by Gasteiger charge is 2.42. The summed E-state index contributed by atoms with van der Waals surface area (Å²) in [6.07, 6.45) is 5.71. The van der Waals surface area contributed by atoms with Crippen molar-refractivity contribution in [3.63, 3.8) is 0 Å². The smallest absolute Gasteiger partial charge is 0.0543 e. The van der Waals surface area contributed by atoms with Crippen molar-refractivity contribution < 1.29 is 0 Å². The molecular weight excluding hydrogens is 198 g/mol. The van der Waals surface area contributed by atoms with Crippen molar-refractivity contribution in [3.05, 3.63) is 30.1 Å². The number of hydrogen-bond acceptors (Lipinski definition) is 3. The fourth-order valence-corrected chi connectivity index (χ4v) is 2.37. The van der Waals surface area contributed by atoms with Gasteiger partial charge in [-0.1, -0.05) is 6.07 Å². The van der Waals surface area contributed by atoms with E-state index in [0.29, 0.717) is 5.41 Å².